The van der Waals surface area contributed by atoms with Crippen molar-refractivity contribution in [2.45, 2.75) is 33.5 Å². The van der Waals surface area contributed by atoms with Gasteiger partial charge in [-0.15, -0.1) is 11.3 Å². The summed E-state index contributed by atoms with van der Waals surface area (Å²) >= 11 is 1.40. The zero-order chi connectivity index (χ0) is 28.2. The van der Waals surface area contributed by atoms with Gasteiger partial charge in [-0.25, -0.2) is 9.79 Å². The minimum atomic E-state index is -1.28. The number of amides is 4. The summed E-state index contributed by atoms with van der Waals surface area (Å²) in [7, 11) is 1.63. The lowest BCUT2D eigenvalue weighted by Gasteiger charge is -2.28. The molecule has 0 aliphatic carbocycles. The third-order valence-corrected chi connectivity index (χ3v) is 7.24. The Morgan fingerprint density at radius 1 is 1.08 bits per heavy atom. The number of nitrogens with zero attached hydrogens (tertiary/aromatic N) is 3. The van der Waals surface area contributed by atoms with Gasteiger partial charge in [0.1, 0.15) is 0 Å². The molecule has 0 radical (unpaired) electrons. The average Bonchev–Trinajstić information content (AvgIpc) is 3.37. The molecule has 2 heterocycles. The minimum absolute atomic E-state index is 0.124. The van der Waals surface area contributed by atoms with Gasteiger partial charge in [-0.3, -0.25) is 14.4 Å². The number of fused-ring (bicyclic) bond motifs is 1. The van der Waals surface area contributed by atoms with E-state index in [4.69, 9.17) is 4.99 Å². The van der Waals surface area contributed by atoms with Crippen LogP contribution in [-0.2, 0) is 20.9 Å². The van der Waals surface area contributed by atoms with Crippen LogP contribution in [0.3, 0.4) is 0 Å². The Morgan fingerprint density at radius 2 is 1.77 bits per heavy atom. The fourth-order valence-corrected chi connectivity index (χ4v) is 4.92. The first-order valence-electron chi connectivity index (χ1n) is 12.5. The van der Waals surface area contributed by atoms with E-state index in [0.717, 1.165) is 10.4 Å². The fraction of sp³-hybridized carbons (Fsp3) is 0.276. The van der Waals surface area contributed by atoms with Crippen LogP contribution in [0.4, 0.5) is 16.2 Å². The van der Waals surface area contributed by atoms with Crippen molar-refractivity contribution in [1.82, 2.24) is 10.6 Å². The van der Waals surface area contributed by atoms with Crippen LogP contribution in [0.25, 0.3) is 0 Å². The number of urea groups is 1. The van der Waals surface area contributed by atoms with Crippen molar-refractivity contribution in [2.75, 3.05) is 23.4 Å². The lowest BCUT2D eigenvalue weighted by Crippen LogP contribution is -2.52. The van der Waals surface area contributed by atoms with Crippen LogP contribution >= 0.6 is 11.3 Å². The van der Waals surface area contributed by atoms with Crippen LogP contribution in [0.2, 0.25) is 0 Å². The number of carbonyl (C=O) groups is 4. The van der Waals surface area contributed by atoms with Crippen LogP contribution < -0.4 is 20.4 Å². The van der Waals surface area contributed by atoms with E-state index in [9.17, 15) is 19.2 Å². The second kappa shape index (κ2) is 11.6. The monoisotopic (exact) mass is 545 g/mol. The summed E-state index contributed by atoms with van der Waals surface area (Å²) < 4.78 is 0. The standard InChI is InChI=1S/C29H31N5O4S/c1-29(2,3)24(36)17-34-21-13-9-8-12-20(21)25(19-10-6-5-7-11-19)31-26(27(34)37)32-28(38)30-16-23-22(14-15-39-23)33(4)18-35/h5-15,18,26H,16-17H2,1-4H3,(H2,30,32,38)/t26-/m0/s1. The molecule has 0 saturated heterocycles. The third-order valence-electron chi connectivity index (χ3n) is 6.33. The van der Waals surface area contributed by atoms with E-state index < -0.39 is 23.5 Å². The SMILES string of the molecule is CN(C=O)c1ccsc1CNC(=O)N[C@@H]1N=C(c2ccccc2)c2ccccc2N(CC(=O)C(C)(C)C)C1=O. The maximum absolute atomic E-state index is 13.9. The molecule has 9 nitrogen and oxygen atoms in total. The van der Waals surface area contributed by atoms with Crippen molar-refractivity contribution in [3.63, 3.8) is 0 Å². The summed E-state index contributed by atoms with van der Waals surface area (Å²) in [5, 5.41) is 7.28. The lowest BCUT2D eigenvalue weighted by atomic mass is 9.90. The zero-order valence-electron chi connectivity index (χ0n) is 22.3. The second-order valence-corrected chi connectivity index (χ2v) is 11.1. The number of thiophene rings is 1. The van der Waals surface area contributed by atoms with E-state index in [0.29, 0.717) is 29.1 Å². The number of carbonyl (C=O) groups excluding carboxylic acids is 4. The summed E-state index contributed by atoms with van der Waals surface area (Å²) in [5.41, 5.74) is 2.55. The molecule has 202 valence electrons. The van der Waals surface area contributed by atoms with Gasteiger partial charge in [0.15, 0.2) is 5.78 Å². The van der Waals surface area contributed by atoms with E-state index in [1.807, 2.05) is 47.8 Å². The van der Waals surface area contributed by atoms with Gasteiger partial charge in [-0.05, 0) is 17.5 Å². The topological polar surface area (TPSA) is 111 Å². The fourth-order valence-electron chi connectivity index (χ4n) is 4.07. The Balaban J connectivity index is 1.67. The highest BCUT2D eigenvalue weighted by molar-refractivity contribution is 7.10. The molecule has 4 amide bonds. The Bertz CT molecular complexity index is 1410. The molecule has 0 unspecified atom stereocenters. The molecule has 1 aromatic heterocycles. The zero-order valence-corrected chi connectivity index (χ0v) is 23.1. The molecule has 4 rings (SSSR count). The van der Waals surface area contributed by atoms with Crippen molar-refractivity contribution in [3.05, 3.63) is 82.0 Å². The summed E-state index contributed by atoms with van der Waals surface area (Å²) in [4.78, 5) is 59.5. The molecule has 0 saturated carbocycles. The van der Waals surface area contributed by atoms with Gasteiger partial charge >= 0.3 is 6.03 Å². The van der Waals surface area contributed by atoms with Gasteiger partial charge < -0.3 is 20.4 Å². The Morgan fingerprint density at radius 3 is 2.46 bits per heavy atom. The van der Waals surface area contributed by atoms with Gasteiger partial charge in [0.2, 0.25) is 12.6 Å². The molecule has 10 heteroatoms. The van der Waals surface area contributed by atoms with Crippen LogP contribution in [0.15, 0.2) is 71.0 Å². The van der Waals surface area contributed by atoms with Crippen molar-refractivity contribution < 1.29 is 19.2 Å². The highest BCUT2D eigenvalue weighted by atomic mass is 32.1. The number of ketones is 1. The van der Waals surface area contributed by atoms with Crippen molar-refractivity contribution in [1.29, 1.82) is 0 Å². The van der Waals surface area contributed by atoms with E-state index in [1.54, 1.807) is 46.0 Å². The molecule has 3 aromatic rings. The highest BCUT2D eigenvalue weighted by Gasteiger charge is 2.36. The number of anilines is 2. The maximum Gasteiger partial charge on any atom is 0.317 e. The summed E-state index contributed by atoms with van der Waals surface area (Å²) in [6.45, 7) is 5.41. The van der Waals surface area contributed by atoms with Crippen LogP contribution in [-0.4, -0.2) is 49.6 Å². The van der Waals surface area contributed by atoms with Crippen molar-refractivity contribution in [3.8, 4) is 0 Å². The number of rotatable bonds is 8. The predicted molar refractivity (Wildman–Crippen MR) is 153 cm³/mol. The number of benzene rings is 2. The molecule has 0 spiro atoms. The highest BCUT2D eigenvalue weighted by Crippen LogP contribution is 2.29. The van der Waals surface area contributed by atoms with E-state index >= 15 is 0 Å². The molecular formula is C29H31N5O4S. The number of hydrogen-bond acceptors (Lipinski definition) is 6. The van der Waals surface area contributed by atoms with E-state index in [-0.39, 0.29) is 18.9 Å². The Labute approximate surface area is 231 Å². The molecule has 39 heavy (non-hydrogen) atoms. The molecule has 0 fully saturated rings. The van der Waals surface area contributed by atoms with Crippen LogP contribution in [0, 0.1) is 5.41 Å². The smallest absolute Gasteiger partial charge is 0.317 e. The van der Waals surface area contributed by atoms with Crippen LogP contribution in [0.5, 0.6) is 0 Å². The number of para-hydroxylation sites is 1. The maximum atomic E-state index is 13.9. The number of Topliss-reactive ketones (excluding diaryl/α,β-unsaturated/α-hetero) is 1. The predicted octanol–water partition coefficient (Wildman–Crippen LogP) is 3.97. The Kier molecular flexibility index (Phi) is 8.25. The molecule has 1 atom stereocenters. The summed E-state index contributed by atoms with van der Waals surface area (Å²) in [6, 6.07) is 17.9. The van der Waals surface area contributed by atoms with E-state index in [2.05, 4.69) is 10.6 Å². The van der Waals surface area contributed by atoms with Crippen LogP contribution in [0.1, 0.15) is 36.8 Å². The molecule has 2 N–H and O–H groups in total. The Hall–Kier alpha value is -4.31. The second-order valence-electron chi connectivity index (χ2n) is 10.1. The quantitative estimate of drug-likeness (QED) is 0.417. The summed E-state index contributed by atoms with van der Waals surface area (Å²) in [5.74, 6) is -0.639. The van der Waals surface area contributed by atoms with E-state index in [1.165, 1.54) is 21.1 Å². The summed E-state index contributed by atoms with van der Waals surface area (Å²) in [6.07, 6.45) is -0.582. The normalized spacial score (nSPS) is 15.1. The van der Waals surface area contributed by atoms with Gasteiger partial charge in [-0.2, -0.15) is 0 Å². The van der Waals surface area contributed by atoms with Gasteiger partial charge in [-0.1, -0.05) is 69.3 Å². The number of benzodiazepines with no additional fused rings is 1. The molecule has 1 aliphatic rings. The third kappa shape index (κ3) is 6.23. The van der Waals surface area contributed by atoms with Gasteiger partial charge in [0.05, 0.1) is 30.2 Å². The van der Waals surface area contributed by atoms with Gasteiger partial charge in [0.25, 0.3) is 5.91 Å². The minimum Gasteiger partial charge on any atom is -0.333 e. The number of nitrogens with one attached hydrogen (secondary N) is 2. The number of hydrogen-bond donors (Lipinski definition) is 2. The first kappa shape index (κ1) is 27.7. The first-order chi connectivity index (χ1) is 18.6. The molecule has 1 aliphatic heterocycles. The van der Waals surface area contributed by atoms with Crippen molar-refractivity contribution in [2.24, 2.45) is 10.4 Å². The van der Waals surface area contributed by atoms with Gasteiger partial charge in [0, 0.05) is 28.5 Å². The molecule has 0 bridgehead atoms. The molecule has 2 aromatic carbocycles. The lowest BCUT2D eigenvalue weighted by molar-refractivity contribution is -0.127. The molecular weight excluding hydrogens is 514 g/mol. The number of aliphatic imine (C=N–C) groups is 1. The largest absolute Gasteiger partial charge is 0.333 e. The van der Waals surface area contributed by atoms with Crippen molar-refractivity contribution >= 4 is 52.6 Å². The first-order valence-corrected chi connectivity index (χ1v) is 13.3. The average molecular weight is 546 g/mol.